The van der Waals surface area contributed by atoms with E-state index in [0.717, 1.165) is 25.7 Å². The molecule has 0 bridgehead atoms. The van der Waals surface area contributed by atoms with Gasteiger partial charge in [0.25, 0.3) is 0 Å². The first-order chi connectivity index (χ1) is 10.8. The van der Waals surface area contributed by atoms with Crippen LogP contribution in [0.3, 0.4) is 0 Å². The van der Waals surface area contributed by atoms with E-state index >= 15 is 0 Å². The van der Waals surface area contributed by atoms with Crippen LogP contribution < -0.4 is 10.6 Å². The Morgan fingerprint density at radius 2 is 2.09 bits per heavy atom. The minimum atomic E-state index is -0.500. The Morgan fingerprint density at radius 3 is 2.78 bits per heavy atom. The van der Waals surface area contributed by atoms with E-state index in [-0.39, 0.29) is 12.0 Å². The number of anilines is 1. The number of hydrogen-bond donors (Lipinski definition) is 2. The molecule has 2 unspecified atom stereocenters. The summed E-state index contributed by atoms with van der Waals surface area (Å²) in [6.07, 6.45) is 3.86. The molecule has 128 valence electrons. The number of amides is 1. The Kier molecular flexibility index (Phi) is 5.80. The molecule has 6 heteroatoms. The Balaban J connectivity index is 1.89. The maximum atomic E-state index is 13.2. The van der Waals surface area contributed by atoms with Gasteiger partial charge >= 0.3 is 6.09 Å². The van der Waals surface area contributed by atoms with Gasteiger partial charge in [0.1, 0.15) is 11.4 Å². The number of halogens is 1. The summed E-state index contributed by atoms with van der Waals surface area (Å²) in [5.41, 5.74) is -0.500. The predicted octanol–water partition coefficient (Wildman–Crippen LogP) is 3.72. The van der Waals surface area contributed by atoms with Crippen molar-refractivity contribution in [2.75, 3.05) is 11.9 Å². The van der Waals surface area contributed by atoms with E-state index in [2.05, 4.69) is 15.6 Å². The molecule has 2 atom stereocenters. The van der Waals surface area contributed by atoms with E-state index < -0.39 is 17.6 Å². The highest BCUT2D eigenvalue weighted by atomic mass is 19.1. The van der Waals surface area contributed by atoms with Crippen molar-refractivity contribution in [1.29, 1.82) is 0 Å². The number of rotatable bonds is 4. The number of ether oxygens (including phenoxy) is 1. The lowest BCUT2D eigenvalue weighted by Gasteiger charge is -2.33. The van der Waals surface area contributed by atoms with Crippen LogP contribution in [-0.4, -0.2) is 29.3 Å². The third kappa shape index (κ3) is 6.04. The van der Waals surface area contributed by atoms with Gasteiger partial charge in [-0.3, -0.25) is 0 Å². The molecule has 23 heavy (non-hydrogen) atoms. The summed E-state index contributed by atoms with van der Waals surface area (Å²) < 4.78 is 18.5. The van der Waals surface area contributed by atoms with Crippen LogP contribution in [0, 0.1) is 11.9 Å². The van der Waals surface area contributed by atoms with Crippen LogP contribution in [0.4, 0.5) is 15.0 Å². The van der Waals surface area contributed by atoms with Crippen LogP contribution in [0.5, 0.6) is 0 Å². The van der Waals surface area contributed by atoms with Crippen LogP contribution in [0.15, 0.2) is 18.2 Å². The van der Waals surface area contributed by atoms with Crippen LogP contribution >= 0.6 is 0 Å². The summed E-state index contributed by atoms with van der Waals surface area (Å²) in [7, 11) is 0. The van der Waals surface area contributed by atoms with Gasteiger partial charge in [0, 0.05) is 12.6 Å². The van der Waals surface area contributed by atoms with Gasteiger partial charge in [0.05, 0.1) is 0 Å². The third-order valence-electron chi connectivity index (χ3n) is 3.86. The number of pyridine rings is 1. The highest BCUT2D eigenvalue weighted by molar-refractivity contribution is 5.67. The Hall–Kier alpha value is -1.85. The molecule has 0 saturated heterocycles. The molecule has 1 aliphatic rings. The second kappa shape index (κ2) is 7.62. The zero-order chi connectivity index (χ0) is 16.9. The topological polar surface area (TPSA) is 63.2 Å². The normalized spacial score (nSPS) is 21.6. The van der Waals surface area contributed by atoms with Gasteiger partial charge in [0.15, 0.2) is 0 Å². The quantitative estimate of drug-likeness (QED) is 0.829. The standard InChI is InChI=1S/C17H26FN3O2/c1-17(2,3)23-16(22)19-11-12-7-4-5-8-13(12)20-15-10-6-9-14(18)21-15/h6,9-10,12-13H,4-5,7-8,11H2,1-3H3,(H,19,22)(H,20,21). The van der Waals surface area contributed by atoms with Gasteiger partial charge in [-0.2, -0.15) is 4.39 Å². The van der Waals surface area contributed by atoms with Crippen molar-refractivity contribution in [2.24, 2.45) is 5.92 Å². The molecule has 0 spiro atoms. The lowest BCUT2D eigenvalue weighted by molar-refractivity contribution is 0.0514. The lowest BCUT2D eigenvalue weighted by atomic mass is 9.84. The zero-order valence-electron chi connectivity index (χ0n) is 14.1. The second-order valence-corrected chi connectivity index (χ2v) is 7.02. The van der Waals surface area contributed by atoms with Crippen LogP contribution in [0.1, 0.15) is 46.5 Å². The minimum Gasteiger partial charge on any atom is -0.444 e. The molecule has 0 radical (unpaired) electrons. The summed E-state index contributed by atoms with van der Waals surface area (Å²) in [6.45, 7) is 6.06. The molecule has 1 saturated carbocycles. The first-order valence-electron chi connectivity index (χ1n) is 8.19. The summed E-state index contributed by atoms with van der Waals surface area (Å²) in [5.74, 6) is 0.328. The molecule has 1 aliphatic carbocycles. The summed E-state index contributed by atoms with van der Waals surface area (Å²) in [6, 6.07) is 4.90. The highest BCUT2D eigenvalue weighted by Crippen LogP contribution is 2.26. The Bertz CT molecular complexity index is 531. The molecule has 1 heterocycles. The third-order valence-corrected chi connectivity index (χ3v) is 3.86. The molecule has 0 aliphatic heterocycles. The molecule has 1 aromatic rings. The summed E-state index contributed by atoms with van der Waals surface area (Å²) in [4.78, 5) is 15.7. The van der Waals surface area contributed by atoms with Gasteiger partial charge in [-0.15, -0.1) is 0 Å². The fourth-order valence-electron chi connectivity index (χ4n) is 2.85. The number of carbonyl (C=O) groups is 1. The first-order valence-corrected chi connectivity index (χ1v) is 8.19. The first kappa shape index (κ1) is 17.5. The van der Waals surface area contributed by atoms with E-state index in [9.17, 15) is 9.18 Å². The van der Waals surface area contributed by atoms with Crippen molar-refractivity contribution in [2.45, 2.75) is 58.1 Å². The van der Waals surface area contributed by atoms with E-state index in [4.69, 9.17) is 4.74 Å². The summed E-state index contributed by atoms with van der Waals surface area (Å²) >= 11 is 0. The molecule has 2 N–H and O–H groups in total. The van der Waals surface area contributed by atoms with E-state index in [1.165, 1.54) is 6.07 Å². The highest BCUT2D eigenvalue weighted by Gasteiger charge is 2.26. The minimum absolute atomic E-state index is 0.174. The number of alkyl carbamates (subject to hydrolysis) is 1. The predicted molar refractivity (Wildman–Crippen MR) is 87.8 cm³/mol. The van der Waals surface area contributed by atoms with Gasteiger partial charge in [-0.05, 0) is 51.7 Å². The van der Waals surface area contributed by atoms with Crippen LogP contribution in [-0.2, 0) is 4.74 Å². The Morgan fingerprint density at radius 1 is 1.35 bits per heavy atom. The molecule has 0 aromatic carbocycles. The van der Waals surface area contributed by atoms with Crippen molar-refractivity contribution in [1.82, 2.24) is 10.3 Å². The van der Waals surface area contributed by atoms with Crippen molar-refractivity contribution in [3.05, 3.63) is 24.1 Å². The lowest BCUT2D eigenvalue weighted by Crippen LogP contribution is -2.42. The number of carbonyl (C=O) groups excluding carboxylic acids is 1. The molecule has 2 rings (SSSR count). The number of nitrogens with one attached hydrogen (secondary N) is 2. The molecular formula is C17H26FN3O2. The van der Waals surface area contributed by atoms with E-state index in [0.29, 0.717) is 12.4 Å². The molecular weight excluding hydrogens is 297 g/mol. The number of nitrogens with zero attached hydrogens (tertiary/aromatic N) is 1. The van der Waals surface area contributed by atoms with E-state index in [1.54, 1.807) is 12.1 Å². The largest absolute Gasteiger partial charge is 0.444 e. The van der Waals surface area contributed by atoms with E-state index in [1.807, 2.05) is 20.8 Å². The maximum Gasteiger partial charge on any atom is 0.407 e. The van der Waals surface area contributed by atoms with Crippen molar-refractivity contribution in [3.8, 4) is 0 Å². The second-order valence-electron chi connectivity index (χ2n) is 7.02. The zero-order valence-corrected chi connectivity index (χ0v) is 14.1. The van der Waals surface area contributed by atoms with Gasteiger partial charge in [0.2, 0.25) is 5.95 Å². The summed E-state index contributed by atoms with van der Waals surface area (Å²) in [5, 5.41) is 6.14. The molecule has 1 fully saturated rings. The van der Waals surface area contributed by atoms with Crippen molar-refractivity contribution >= 4 is 11.9 Å². The number of aromatic nitrogens is 1. The van der Waals surface area contributed by atoms with Crippen molar-refractivity contribution in [3.63, 3.8) is 0 Å². The maximum absolute atomic E-state index is 13.2. The average Bonchev–Trinajstić information content (AvgIpc) is 2.44. The monoisotopic (exact) mass is 323 g/mol. The average molecular weight is 323 g/mol. The van der Waals surface area contributed by atoms with Crippen LogP contribution in [0.25, 0.3) is 0 Å². The fraction of sp³-hybridized carbons (Fsp3) is 0.647. The molecule has 5 nitrogen and oxygen atoms in total. The fourth-order valence-corrected chi connectivity index (χ4v) is 2.85. The molecule has 1 amide bonds. The molecule has 1 aromatic heterocycles. The SMILES string of the molecule is CC(C)(C)OC(=O)NCC1CCCCC1Nc1cccc(F)n1. The Labute approximate surface area is 137 Å². The van der Waals surface area contributed by atoms with Gasteiger partial charge < -0.3 is 15.4 Å². The van der Waals surface area contributed by atoms with Gasteiger partial charge in [-0.1, -0.05) is 18.9 Å². The number of hydrogen-bond acceptors (Lipinski definition) is 4. The van der Waals surface area contributed by atoms with Crippen LogP contribution in [0.2, 0.25) is 0 Å². The smallest absolute Gasteiger partial charge is 0.407 e. The van der Waals surface area contributed by atoms with Gasteiger partial charge in [-0.25, -0.2) is 9.78 Å². The van der Waals surface area contributed by atoms with Crippen molar-refractivity contribution < 1.29 is 13.9 Å².